The zero-order chi connectivity index (χ0) is 12.3. The van der Waals surface area contributed by atoms with E-state index in [1.807, 2.05) is 0 Å². The van der Waals surface area contributed by atoms with Gasteiger partial charge in [0, 0.05) is 0 Å². The van der Waals surface area contributed by atoms with E-state index in [2.05, 4.69) is 0 Å². The molecule has 17 heavy (non-hydrogen) atoms. The van der Waals surface area contributed by atoms with Crippen molar-refractivity contribution in [1.29, 1.82) is 0 Å². The molecule has 3 nitrogen and oxygen atoms in total. The summed E-state index contributed by atoms with van der Waals surface area (Å²) in [6.07, 6.45) is -0.770. The van der Waals surface area contributed by atoms with Crippen molar-refractivity contribution < 1.29 is 14.2 Å². The van der Waals surface area contributed by atoms with E-state index >= 15 is 0 Å². The Balaban J connectivity index is 0.00000256. The maximum absolute atomic E-state index is 13.6. The van der Waals surface area contributed by atoms with Crippen molar-refractivity contribution in [2.45, 2.75) is 26.0 Å². The average Bonchev–Trinajstić information content (AvgIpc) is 2.21. The van der Waals surface area contributed by atoms with E-state index in [0.29, 0.717) is 12.2 Å². The first-order chi connectivity index (χ1) is 7.47. The number of ether oxygens (including phenoxy) is 1. The fourth-order valence-electron chi connectivity index (χ4n) is 1.33. The molecule has 0 radical (unpaired) electrons. The van der Waals surface area contributed by atoms with Gasteiger partial charge < -0.3 is 15.6 Å². The molecule has 0 amide bonds. The minimum Gasteiger partial charge on any atom is -0.489 e. The quantitative estimate of drug-likeness (QED) is 0.893. The largest absolute Gasteiger partial charge is 0.489 e. The standard InChI is InChI=1S/C11H15ClFNO2.ClH/c1-3-16-11-8(12)4-7(5-9(11)13)10(14)6(2)15;/h4-6,10,15H,3,14H2,1-2H3;1H/t6-,10-;/m1./s1. The molecule has 3 N–H and O–H groups in total. The summed E-state index contributed by atoms with van der Waals surface area (Å²) < 4.78 is 18.6. The minimum absolute atomic E-state index is 0. The Hall–Kier alpha value is -0.550. The molecule has 0 saturated carbocycles. The topological polar surface area (TPSA) is 55.5 Å². The first-order valence-corrected chi connectivity index (χ1v) is 5.40. The molecule has 0 bridgehead atoms. The predicted octanol–water partition coefficient (Wildman–Crippen LogP) is 2.68. The Morgan fingerprint density at radius 2 is 2.12 bits per heavy atom. The normalized spacial score (nSPS) is 13.8. The minimum atomic E-state index is -0.770. The summed E-state index contributed by atoms with van der Waals surface area (Å²) >= 11 is 5.86. The van der Waals surface area contributed by atoms with Gasteiger partial charge in [-0.3, -0.25) is 0 Å². The van der Waals surface area contributed by atoms with Gasteiger partial charge in [-0.15, -0.1) is 12.4 Å². The summed E-state index contributed by atoms with van der Waals surface area (Å²) in [7, 11) is 0. The second-order valence-electron chi connectivity index (χ2n) is 3.51. The number of benzene rings is 1. The molecule has 6 heteroatoms. The smallest absolute Gasteiger partial charge is 0.173 e. The highest BCUT2D eigenvalue weighted by atomic mass is 35.5. The Morgan fingerprint density at radius 1 is 1.53 bits per heavy atom. The van der Waals surface area contributed by atoms with Gasteiger partial charge in [0.1, 0.15) is 0 Å². The molecule has 2 atom stereocenters. The van der Waals surface area contributed by atoms with Gasteiger partial charge in [0.05, 0.1) is 23.8 Å². The van der Waals surface area contributed by atoms with Crippen molar-refractivity contribution >= 4 is 24.0 Å². The van der Waals surface area contributed by atoms with Gasteiger partial charge in [-0.1, -0.05) is 11.6 Å². The molecule has 0 aliphatic heterocycles. The van der Waals surface area contributed by atoms with Crippen molar-refractivity contribution in [2.24, 2.45) is 5.73 Å². The van der Waals surface area contributed by atoms with Gasteiger partial charge in [0.25, 0.3) is 0 Å². The molecule has 0 aromatic heterocycles. The Labute approximate surface area is 111 Å². The molecule has 0 saturated heterocycles. The second kappa shape index (κ2) is 7.01. The lowest BCUT2D eigenvalue weighted by atomic mass is 10.0. The summed E-state index contributed by atoms with van der Waals surface area (Å²) in [4.78, 5) is 0. The van der Waals surface area contributed by atoms with Crippen LogP contribution in [-0.2, 0) is 0 Å². The van der Waals surface area contributed by atoms with Crippen molar-refractivity contribution in [3.05, 3.63) is 28.5 Å². The van der Waals surface area contributed by atoms with E-state index < -0.39 is 18.0 Å². The van der Waals surface area contributed by atoms with E-state index in [1.54, 1.807) is 6.92 Å². The van der Waals surface area contributed by atoms with Crippen LogP contribution in [0.1, 0.15) is 25.5 Å². The monoisotopic (exact) mass is 283 g/mol. The lowest BCUT2D eigenvalue weighted by molar-refractivity contribution is 0.164. The Morgan fingerprint density at radius 3 is 2.53 bits per heavy atom. The number of aliphatic hydroxyl groups excluding tert-OH is 1. The number of halogens is 3. The molecule has 0 spiro atoms. The fraction of sp³-hybridized carbons (Fsp3) is 0.455. The third-order valence-corrected chi connectivity index (χ3v) is 2.49. The van der Waals surface area contributed by atoms with Gasteiger partial charge in [-0.05, 0) is 31.5 Å². The van der Waals surface area contributed by atoms with E-state index in [-0.39, 0.29) is 23.2 Å². The highest BCUT2D eigenvalue weighted by molar-refractivity contribution is 6.32. The molecule has 0 heterocycles. The van der Waals surface area contributed by atoms with Crippen LogP contribution in [0.4, 0.5) is 4.39 Å². The van der Waals surface area contributed by atoms with Crippen LogP contribution >= 0.6 is 24.0 Å². The predicted molar refractivity (Wildman–Crippen MR) is 68.4 cm³/mol. The van der Waals surface area contributed by atoms with Crippen LogP contribution in [0.15, 0.2) is 12.1 Å². The molecular weight excluding hydrogens is 268 g/mol. The van der Waals surface area contributed by atoms with Gasteiger partial charge in [0.15, 0.2) is 11.6 Å². The molecule has 0 aliphatic carbocycles. The van der Waals surface area contributed by atoms with Crippen LogP contribution in [-0.4, -0.2) is 17.8 Å². The van der Waals surface area contributed by atoms with Crippen LogP contribution in [0.2, 0.25) is 5.02 Å². The number of hydrogen-bond acceptors (Lipinski definition) is 3. The lowest BCUT2D eigenvalue weighted by Crippen LogP contribution is -2.23. The molecule has 0 unspecified atom stereocenters. The zero-order valence-electron chi connectivity index (χ0n) is 9.61. The molecule has 98 valence electrons. The SMILES string of the molecule is CCOc1c(F)cc([C@H](N)[C@@H](C)O)cc1Cl.Cl. The summed E-state index contributed by atoms with van der Waals surface area (Å²) in [5, 5.41) is 9.47. The van der Waals surface area contributed by atoms with Gasteiger partial charge in [-0.2, -0.15) is 0 Å². The number of aliphatic hydroxyl groups is 1. The van der Waals surface area contributed by atoms with E-state index in [9.17, 15) is 9.50 Å². The second-order valence-corrected chi connectivity index (χ2v) is 3.92. The fourth-order valence-corrected chi connectivity index (χ4v) is 1.60. The molecular formula is C11H16Cl2FNO2. The first kappa shape index (κ1) is 16.4. The van der Waals surface area contributed by atoms with Crippen LogP contribution < -0.4 is 10.5 Å². The van der Waals surface area contributed by atoms with E-state index in [4.69, 9.17) is 22.1 Å². The maximum atomic E-state index is 13.6. The van der Waals surface area contributed by atoms with Gasteiger partial charge in [0.2, 0.25) is 0 Å². The molecule has 1 rings (SSSR count). The molecule has 1 aromatic rings. The van der Waals surface area contributed by atoms with Crippen molar-refractivity contribution in [1.82, 2.24) is 0 Å². The molecule has 1 aromatic carbocycles. The van der Waals surface area contributed by atoms with Crippen molar-refractivity contribution in [3.8, 4) is 5.75 Å². The van der Waals surface area contributed by atoms with Gasteiger partial charge in [-0.25, -0.2) is 4.39 Å². The third-order valence-electron chi connectivity index (χ3n) is 2.21. The Bertz CT molecular complexity index is 351. The summed E-state index contributed by atoms with van der Waals surface area (Å²) in [5.74, 6) is -0.550. The summed E-state index contributed by atoms with van der Waals surface area (Å²) in [6.45, 7) is 3.61. The first-order valence-electron chi connectivity index (χ1n) is 5.02. The lowest BCUT2D eigenvalue weighted by Gasteiger charge is -2.17. The van der Waals surface area contributed by atoms with Crippen LogP contribution in [0.25, 0.3) is 0 Å². The summed E-state index contributed by atoms with van der Waals surface area (Å²) in [6, 6.07) is 2.07. The van der Waals surface area contributed by atoms with Crippen molar-refractivity contribution in [3.63, 3.8) is 0 Å². The maximum Gasteiger partial charge on any atom is 0.173 e. The Kier molecular flexibility index (Phi) is 6.78. The average molecular weight is 284 g/mol. The van der Waals surface area contributed by atoms with Gasteiger partial charge >= 0.3 is 0 Å². The van der Waals surface area contributed by atoms with Crippen LogP contribution in [0.3, 0.4) is 0 Å². The third kappa shape index (κ3) is 4.00. The zero-order valence-corrected chi connectivity index (χ0v) is 11.2. The summed E-state index contributed by atoms with van der Waals surface area (Å²) in [5.41, 5.74) is 6.13. The van der Waals surface area contributed by atoms with Crippen LogP contribution in [0, 0.1) is 5.82 Å². The van der Waals surface area contributed by atoms with Crippen molar-refractivity contribution in [2.75, 3.05) is 6.61 Å². The van der Waals surface area contributed by atoms with E-state index in [1.165, 1.54) is 19.1 Å². The molecule has 0 fully saturated rings. The van der Waals surface area contributed by atoms with Crippen LogP contribution in [0.5, 0.6) is 5.75 Å². The number of rotatable bonds is 4. The highest BCUT2D eigenvalue weighted by Gasteiger charge is 2.17. The number of hydrogen-bond donors (Lipinski definition) is 2. The molecule has 0 aliphatic rings. The van der Waals surface area contributed by atoms with E-state index in [0.717, 1.165) is 0 Å². The highest BCUT2D eigenvalue weighted by Crippen LogP contribution is 2.31. The number of nitrogens with two attached hydrogens (primary N) is 1.